The monoisotopic (exact) mass is 450 g/mol. The number of ether oxygens (including phenoxy) is 1. The molecule has 1 unspecified atom stereocenters. The van der Waals surface area contributed by atoms with Crippen molar-refractivity contribution in [2.24, 2.45) is 0 Å². The molecule has 0 saturated heterocycles. The minimum Gasteiger partial charge on any atom is -0.478 e. The Balaban J connectivity index is 1.75. The minimum absolute atomic E-state index is 0.106. The Hall–Kier alpha value is -4.07. The average Bonchev–Trinajstić information content (AvgIpc) is 3.28. The number of alkyl carbamates (subject to hydrolysis) is 1. The van der Waals surface area contributed by atoms with Gasteiger partial charge < -0.3 is 24.9 Å². The molecule has 0 saturated carbocycles. The third-order valence-corrected chi connectivity index (χ3v) is 4.66. The van der Waals surface area contributed by atoms with Crippen LogP contribution in [-0.4, -0.2) is 34.7 Å². The van der Waals surface area contributed by atoms with Gasteiger partial charge in [0, 0.05) is 17.7 Å². The first-order valence-corrected chi connectivity index (χ1v) is 10.4. The lowest BCUT2D eigenvalue weighted by Gasteiger charge is -2.23. The van der Waals surface area contributed by atoms with E-state index in [4.69, 9.17) is 14.3 Å². The lowest BCUT2D eigenvalue weighted by atomic mass is 10.0. The van der Waals surface area contributed by atoms with Crippen LogP contribution in [0.4, 0.5) is 10.5 Å². The summed E-state index contributed by atoms with van der Waals surface area (Å²) in [7, 11) is 0. The largest absolute Gasteiger partial charge is 0.478 e. The van der Waals surface area contributed by atoms with Gasteiger partial charge in [0.1, 0.15) is 11.6 Å². The molecule has 0 aliphatic heterocycles. The predicted molar refractivity (Wildman–Crippen MR) is 123 cm³/mol. The van der Waals surface area contributed by atoms with Gasteiger partial charge in [-0.15, -0.1) is 0 Å². The van der Waals surface area contributed by atoms with Crippen molar-refractivity contribution in [1.29, 1.82) is 0 Å². The molecule has 0 spiro atoms. The quantitative estimate of drug-likeness (QED) is 0.479. The van der Waals surface area contributed by atoms with E-state index in [0.717, 1.165) is 16.7 Å². The van der Waals surface area contributed by atoms with E-state index in [1.165, 1.54) is 24.3 Å². The van der Waals surface area contributed by atoms with Crippen molar-refractivity contribution < 1.29 is 28.6 Å². The summed E-state index contributed by atoms with van der Waals surface area (Å²) in [5.74, 6) is -1.51. The molecule has 3 aromatic rings. The van der Waals surface area contributed by atoms with Crippen LogP contribution in [0, 0.1) is 0 Å². The van der Waals surface area contributed by atoms with E-state index in [0.29, 0.717) is 5.69 Å². The molecular weight excluding hydrogens is 424 g/mol. The summed E-state index contributed by atoms with van der Waals surface area (Å²) < 4.78 is 10.4. The van der Waals surface area contributed by atoms with Crippen LogP contribution in [-0.2, 0) is 16.0 Å². The van der Waals surface area contributed by atoms with Crippen molar-refractivity contribution in [1.82, 2.24) is 5.32 Å². The maximum absolute atomic E-state index is 13.0. The number of furan rings is 1. The van der Waals surface area contributed by atoms with E-state index in [2.05, 4.69) is 10.6 Å². The molecule has 2 aromatic carbocycles. The predicted octanol–water partition coefficient (Wildman–Crippen LogP) is 4.72. The maximum Gasteiger partial charge on any atom is 0.408 e. The molecule has 8 nitrogen and oxygen atoms in total. The number of anilines is 1. The molecule has 1 aromatic heterocycles. The van der Waals surface area contributed by atoms with Gasteiger partial charge in [-0.25, -0.2) is 9.59 Å². The van der Waals surface area contributed by atoms with E-state index in [-0.39, 0.29) is 12.0 Å². The lowest BCUT2D eigenvalue weighted by Crippen LogP contribution is -2.47. The van der Waals surface area contributed by atoms with Gasteiger partial charge in [-0.2, -0.15) is 0 Å². The lowest BCUT2D eigenvalue weighted by molar-refractivity contribution is -0.118. The molecule has 0 aliphatic rings. The van der Waals surface area contributed by atoms with Crippen LogP contribution in [0.25, 0.3) is 11.1 Å². The molecule has 3 rings (SSSR count). The highest BCUT2D eigenvalue weighted by Crippen LogP contribution is 2.21. The van der Waals surface area contributed by atoms with Gasteiger partial charge >= 0.3 is 12.1 Å². The molecule has 0 bridgehead atoms. The molecule has 33 heavy (non-hydrogen) atoms. The molecule has 0 fully saturated rings. The van der Waals surface area contributed by atoms with Crippen molar-refractivity contribution in [3.63, 3.8) is 0 Å². The molecule has 0 radical (unpaired) electrons. The maximum atomic E-state index is 13.0. The Morgan fingerprint density at radius 1 is 0.970 bits per heavy atom. The van der Waals surface area contributed by atoms with E-state index in [1.54, 1.807) is 33.3 Å². The van der Waals surface area contributed by atoms with Crippen molar-refractivity contribution in [2.45, 2.75) is 38.8 Å². The Kier molecular flexibility index (Phi) is 7.17. The summed E-state index contributed by atoms with van der Waals surface area (Å²) in [6, 6.07) is 14.3. The first-order valence-electron chi connectivity index (χ1n) is 10.4. The molecule has 1 heterocycles. The fraction of sp³-hybridized carbons (Fsp3) is 0.240. The minimum atomic E-state index is -1.06. The third-order valence-electron chi connectivity index (χ3n) is 4.66. The van der Waals surface area contributed by atoms with Gasteiger partial charge in [-0.05, 0) is 62.2 Å². The second kappa shape index (κ2) is 10.0. The standard InChI is InChI=1S/C25H26N2O6/c1-25(2,3)33-24(31)27-21(22(28)26-20-10-8-18(9-11-20)23(29)30)14-16-4-6-17(7-5-16)19-12-13-32-15-19/h4-13,15,21H,14H2,1-3H3,(H,26,28)(H,27,31)(H,29,30). The van der Waals surface area contributed by atoms with Gasteiger partial charge in [-0.3, -0.25) is 4.79 Å². The highest BCUT2D eigenvalue weighted by molar-refractivity contribution is 5.97. The number of carboxylic acid groups (broad SMARTS) is 1. The van der Waals surface area contributed by atoms with Gasteiger partial charge in [-0.1, -0.05) is 24.3 Å². The van der Waals surface area contributed by atoms with Crippen molar-refractivity contribution in [3.8, 4) is 11.1 Å². The molecule has 2 amide bonds. The zero-order valence-electron chi connectivity index (χ0n) is 18.6. The van der Waals surface area contributed by atoms with Crippen LogP contribution in [0.5, 0.6) is 0 Å². The van der Waals surface area contributed by atoms with Crippen LogP contribution < -0.4 is 10.6 Å². The summed E-state index contributed by atoms with van der Waals surface area (Å²) >= 11 is 0. The second-order valence-electron chi connectivity index (χ2n) is 8.48. The average molecular weight is 450 g/mol. The fourth-order valence-corrected chi connectivity index (χ4v) is 3.08. The first kappa shape index (κ1) is 23.6. The number of carbonyl (C=O) groups is 3. The van der Waals surface area contributed by atoms with Crippen LogP contribution in [0.3, 0.4) is 0 Å². The van der Waals surface area contributed by atoms with Gasteiger partial charge in [0.05, 0.1) is 18.1 Å². The summed E-state index contributed by atoms with van der Waals surface area (Å²) in [5.41, 5.74) is 2.54. The molecule has 3 N–H and O–H groups in total. The Morgan fingerprint density at radius 3 is 2.18 bits per heavy atom. The summed E-state index contributed by atoms with van der Waals surface area (Å²) in [4.78, 5) is 36.4. The molecule has 172 valence electrons. The Morgan fingerprint density at radius 2 is 1.64 bits per heavy atom. The number of benzene rings is 2. The second-order valence-corrected chi connectivity index (χ2v) is 8.48. The SMILES string of the molecule is CC(C)(C)OC(=O)NC(Cc1ccc(-c2ccoc2)cc1)C(=O)Nc1ccc(C(=O)O)cc1. The van der Waals surface area contributed by atoms with Crippen LogP contribution >= 0.6 is 0 Å². The zero-order valence-corrected chi connectivity index (χ0v) is 18.6. The molecule has 0 aliphatic carbocycles. The smallest absolute Gasteiger partial charge is 0.408 e. The number of amides is 2. The molecule has 1 atom stereocenters. The highest BCUT2D eigenvalue weighted by Gasteiger charge is 2.25. The summed E-state index contributed by atoms with van der Waals surface area (Å²) in [6.07, 6.45) is 2.76. The van der Waals surface area contributed by atoms with E-state index >= 15 is 0 Å². The van der Waals surface area contributed by atoms with Crippen molar-refractivity contribution in [3.05, 3.63) is 78.3 Å². The number of nitrogens with one attached hydrogen (secondary N) is 2. The summed E-state index contributed by atoms with van der Waals surface area (Å²) in [6.45, 7) is 5.21. The van der Waals surface area contributed by atoms with Crippen molar-refractivity contribution in [2.75, 3.05) is 5.32 Å². The number of carboxylic acids is 1. The van der Waals surface area contributed by atoms with E-state index in [9.17, 15) is 14.4 Å². The molecule has 8 heteroatoms. The number of hydrogen-bond donors (Lipinski definition) is 3. The first-order chi connectivity index (χ1) is 15.6. The van der Waals surface area contributed by atoms with Crippen LogP contribution in [0.1, 0.15) is 36.7 Å². The molecular formula is C25H26N2O6. The van der Waals surface area contributed by atoms with Crippen molar-refractivity contribution >= 4 is 23.7 Å². The number of carbonyl (C=O) groups excluding carboxylic acids is 2. The normalized spacial score (nSPS) is 12.0. The zero-order chi connectivity index (χ0) is 24.0. The summed E-state index contributed by atoms with van der Waals surface area (Å²) in [5, 5.41) is 14.4. The van der Waals surface area contributed by atoms with E-state index < -0.39 is 29.6 Å². The topological polar surface area (TPSA) is 118 Å². The fourth-order valence-electron chi connectivity index (χ4n) is 3.08. The van der Waals surface area contributed by atoms with Crippen LogP contribution in [0.2, 0.25) is 0 Å². The third kappa shape index (κ3) is 6.96. The Labute approximate surface area is 191 Å². The number of hydrogen-bond acceptors (Lipinski definition) is 5. The van der Waals surface area contributed by atoms with E-state index in [1.807, 2.05) is 30.3 Å². The Bertz CT molecular complexity index is 1100. The van der Waals surface area contributed by atoms with Crippen LogP contribution in [0.15, 0.2) is 71.5 Å². The van der Waals surface area contributed by atoms with Gasteiger partial charge in [0.25, 0.3) is 0 Å². The number of rotatable bonds is 7. The van der Waals surface area contributed by atoms with Gasteiger partial charge in [0.15, 0.2) is 0 Å². The van der Waals surface area contributed by atoms with Gasteiger partial charge in [0.2, 0.25) is 5.91 Å². The highest BCUT2D eigenvalue weighted by atomic mass is 16.6. The number of aromatic carboxylic acids is 1.